The van der Waals surface area contributed by atoms with Crippen LogP contribution < -0.4 is 0 Å². The van der Waals surface area contributed by atoms with Gasteiger partial charge in [-0.1, -0.05) is 19.1 Å². The van der Waals surface area contributed by atoms with Crippen molar-refractivity contribution < 1.29 is 22.7 Å². The van der Waals surface area contributed by atoms with Crippen LogP contribution in [-0.2, 0) is 14.6 Å². The molecule has 0 N–H and O–H groups in total. The summed E-state index contributed by atoms with van der Waals surface area (Å²) in [5.74, 6) is -1.55. The Labute approximate surface area is 115 Å². The van der Waals surface area contributed by atoms with Crippen LogP contribution in [0.1, 0.15) is 27.6 Å². The Hall–Kier alpha value is -2.21. The fraction of sp³-hybridized carbons (Fsp3) is 0.143. The molecular weight excluding hydrogens is 280 g/mol. The molecule has 0 unspecified atom stereocenters. The average Bonchev–Trinajstić information content (AvgIpc) is 2.44. The van der Waals surface area contributed by atoms with Crippen molar-refractivity contribution in [2.45, 2.75) is 11.8 Å². The van der Waals surface area contributed by atoms with Gasteiger partial charge in [0.25, 0.3) is 0 Å². The van der Waals surface area contributed by atoms with Crippen molar-refractivity contribution in [1.29, 1.82) is 0 Å². The number of esters is 2. The van der Waals surface area contributed by atoms with E-state index in [1.807, 2.05) is 0 Å². The standard InChI is InChI=1S/C14H10O5S/c1-2-20(17,18)11-7-6-10-12-8(11)4-3-5-9(12)13(15)19-14(10)16/h3-7H,2H2,1H3. The van der Waals surface area contributed by atoms with Crippen LogP contribution in [-0.4, -0.2) is 26.1 Å². The van der Waals surface area contributed by atoms with E-state index in [0.29, 0.717) is 10.8 Å². The molecule has 0 radical (unpaired) electrons. The van der Waals surface area contributed by atoms with Gasteiger partial charge in [0.2, 0.25) is 0 Å². The number of sulfone groups is 1. The normalized spacial score (nSPS) is 14.4. The molecule has 0 atom stereocenters. The minimum atomic E-state index is -3.44. The second kappa shape index (κ2) is 4.14. The topological polar surface area (TPSA) is 77.5 Å². The summed E-state index contributed by atoms with van der Waals surface area (Å²) >= 11 is 0. The fourth-order valence-electron chi connectivity index (χ4n) is 2.34. The lowest BCUT2D eigenvalue weighted by Crippen LogP contribution is -2.20. The predicted octanol–water partition coefficient (Wildman–Crippen LogP) is 1.94. The molecule has 0 saturated heterocycles. The molecule has 1 heterocycles. The number of carbonyl (C=O) groups is 2. The molecule has 0 fully saturated rings. The minimum Gasteiger partial charge on any atom is -0.386 e. The van der Waals surface area contributed by atoms with Gasteiger partial charge in [-0.25, -0.2) is 18.0 Å². The maximum absolute atomic E-state index is 12.1. The molecule has 0 spiro atoms. The molecule has 0 amide bonds. The Morgan fingerprint density at radius 2 is 1.65 bits per heavy atom. The van der Waals surface area contributed by atoms with Crippen LogP contribution in [0.3, 0.4) is 0 Å². The van der Waals surface area contributed by atoms with Gasteiger partial charge in [0.15, 0.2) is 9.84 Å². The number of ether oxygens (including phenoxy) is 1. The van der Waals surface area contributed by atoms with Crippen LogP contribution in [0.15, 0.2) is 35.2 Å². The van der Waals surface area contributed by atoms with Gasteiger partial charge in [-0.15, -0.1) is 0 Å². The first-order valence-electron chi connectivity index (χ1n) is 6.00. The van der Waals surface area contributed by atoms with Crippen molar-refractivity contribution in [1.82, 2.24) is 0 Å². The molecule has 20 heavy (non-hydrogen) atoms. The van der Waals surface area contributed by atoms with Crippen molar-refractivity contribution in [3.05, 3.63) is 41.5 Å². The third-order valence-electron chi connectivity index (χ3n) is 3.34. The number of cyclic esters (lactones) is 2. The highest BCUT2D eigenvalue weighted by atomic mass is 32.2. The summed E-state index contributed by atoms with van der Waals surface area (Å²) in [5.41, 5.74) is 0.426. The van der Waals surface area contributed by atoms with Crippen molar-refractivity contribution in [2.24, 2.45) is 0 Å². The maximum Gasteiger partial charge on any atom is 0.346 e. The summed E-state index contributed by atoms with van der Waals surface area (Å²) in [6.07, 6.45) is 0. The van der Waals surface area contributed by atoms with E-state index >= 15 is 0 Å². The first-order valence-corrected chi connectivity index (χ1v) is 7.66. The molecule has 0 saturated carbocycles. The highest BCUT2D eigenvalue weighted by Gasteiger charge is 2.29. The second-order valence-corrected chi connectivity index (χ2v) is 6.67. The summed E-state index contributed by atoms with van der Waals surface area (Å²) in [6.45, 7) is 1.55. The van der Waals surface area contributed by atoms with Crippen LogP contribution in [0.2, 0.25) is 0 Å². The van der Waals surface area contributed by atoms with E-state index in [-0.39, 0.29) is 21.8 Å². The third kappa shape index (κ3) is 1.65. The molecular formula is C14H10O5S. The van der Waals surface area contributed by atoms with Crippen molar-refractivity contribution in [3.8, 4) is 0 Å². The predicted molar refractivity (Wildman–Crippen MR) is 71.4 cm³/mol. The van der Waals surface area contributed by atoms with Gasteiger partial charge in [0.1, 0.15) is 0 Å². The van der Waals surface area contributed by atoms with E-state index < -0.39 is 21.8 Å². The monoisotopic (exact) mass is 290 g/mol. The van der Waals surface area contributed by atoms with E-state index in [0.717, 1.165) is 0 Å². The highest BCUT2D eigenvalue weighted by Crippen LogP contribution is 2.33. The Morgan fingerprint density at radius 3 is 2.30 bits per heavy atom. The molecule has 0 bridgehead atoms. The Bertz CT molecular complexity index is 844. The van der Waals surface area contributed by atoms with Crippen LogP contribution in [0.5, 0.6) is 0 Å². The zero-order chi connectivity index (χ0) is 14.5. The van der Waals surface area contributed by atoms with Crippen molar-refractivity contribution in [2.75, 3.05) is 5.75 Å². The van der Waals surface area contributed by atoms with Gasteiger partial charge >= 0.3 is 11.9 Å². The summed E-state index contributed by atoms with van der Waals surface area (Å²) < 4.78 is 28.8. The molecule has 3 rings (SSSR count). The Balaban J connectivity index is 2.51. The average molecular weight is 290 g/mol. The minimum absolute atomic E-state index is 0.0515. The SMILES string of the molecule is CCS(=O)(=O)c1ccc2c3c(cccc13)C(=O)OC2=O. The highest BCUT2D eigenvalue weighted by molar-refractivity contribution is 7.91. The number of hydrogen-bond donors (Lipinski definition) is 0. The van der Waals surface area contributed by atoms with Gasteiger partial charge in [0.05, 0.1) is 21.8 Å². The zero-order valence-electron chi connectivity index (χ0n) is 10.5. The summed E-state index contributed by atoms with van der Waals surface area (Å²) in [6, 6.07) is 7.47. The molecule has 6 heteroatoms. The Morgan fingerprint density at radius 1 is 1.00 bits per heavy atom. The van der Waals surface area contributed by atoms with Crippen LogP contribution in [0.4, 0.5) is 0 Å². The summed E-state index contributed by atoms with van der Waals surface area (Å²) in [5, 5.41) is 0.732. The summed E-state index contributed by atoms with van der Waals surface area (Å²) in [7, 11) is -3.44. The molecule has 2 aromatic carbocycles. The largest absolute Gasteiger partial charge is 0.386 e. The lowest BCUT2D eigenvalue weighted by Gasteiger charge is -2.17. The molecule has 5 nitrogen and oxygen atoms in total. The summed E-state index contributed by atoms with van der Waals surface area (Å²) in [4.78, 5) is 23.6. The number of rotatable bonds is 2. The second-order valence-electron chi connectivity index (χ2n) is 4.42. The van der Waals surface area contributed by atoms with Crippen molar-refractivity contribution >= 4 is 32.5 Å². The van der Waals surface area contributed by atoms with Crippen molar-refractivity contribution in [3.63, 3.8) is 0 Å². The quantitative estimate of drug-likeness (QED) is 0.624. The van der Waals surface area contributed by atoms with E-state index in [1.165, 1.54) is 18.2 Å². The number of hydrogen-bond acceptors (Lipinski definition) is 5. The number of benzene rings is 2. The maximum atomic E-state index is 12.1. The zero-order valence-corrected chi connectivity index (χ0v) is 11.4. The van der Waals surface area contributed by atoms with Gasteiger partial charge in [0, 0.05) is 10.8 Å². The van der Waals surface area contributed by atoms with E-state index in [4.69, 9.17) is 0 Å². The van der Waals surface area contributed by atoms with Crippen LogP contribution >= 0.6 is 0 Å². The van der Waals surface area contributed by atoms with Crippen LogP contribution in [0, 0.1) is 0 Å². The van der Waals surface area contributed by atoms with Gasteiger partial charge < -0.3 is 4.74 Å². The lowest BCUT2D eigenvalue weighted by atomic mass is 9.97. The molecule has 0 aromatic heterocycles. The molecule has 0 aliphatic carbocycles. The van der Waals surface area contributed by atoms with Crippen LogP contribution in [0.25, 0.3) is 10.8 Å². The van der Waals surface area contributed by atoms with Gasteiger partial charge in [-0.3, -0.25) is 0 Å². The molecule has 1 aliphatic rings. The van der Waals surface area contributed by atoms with Gasteiger partial charge in [-0.2, -0.15) is 0 Å². The van der Waals surface area contributed by atoms with Gasteiger partial charge in [-0.05, 0) is 18.2 Å². The first kappa shape index (κ1) is 12.8. The van der Waals surface area contributed by atoms with E-state index in [9.17, 15) is 18.0 Å². The Kier molecular flexibility index (Phi) is 2.65. The molecule has 102 valence electrons. The first-order chi connectivity index (χ1) is 9.45. The van der Waals surface area contributed by atoms with E-state index in [1.54, 1.807) is 19.1 Å². The fourth-order valence-corrected chi connectivity index (χ4v) is 3.43. The smallest absolute Gasteiger partial charge is 0.346 e. The molecule has 2 aromatic rings. The third-order valence-corrected chi connectivity index (χ3v) is 5.13. The number of carbonyl (C=O) groups excluding carboxylic acids is 2. The van der Waals surface area contributed by atoms with E-state index in [2.05, 4.69) is 4.74 Å². The molecule has 1 aliphatic heterocycles. The lowest BCUT2D eigenvalue weighted by molar-refractivity contribution is 0.0391.